The van der Waals surface area contributed by atoms with E-state index in [0.29, 0.717) is 25.9 Å². The molecular weight excluding hydrogens is 330 g/mol. The van der Waals surface area contributed by atoms with E-state index in [2.05, 4.69) is 5.32 Å². The highest BCUT2D eigenvalue weighted by atomic mass is 32.2. The van der Waals surface area contributed by atoms with Gasteiger partial charge in [0.05, 0.1) is 13.0 Å². The summed E-state index contributed by atoms with van der Waals surface area (Å²) in [7, 11) is 1.11. The highest BCUT2D eigenvalue weighted by Crippen LogP contribution is 2.21. The van der Waals surface area contributed by atoms with Crippen molar-refractivity contribution in [3.8, 4) is 5.75 Å². The van der Waals surface area contributed by atoms with E-state index in [1.54, 1.807) is 7.11 Å². The number of hydrogen-bond acceptors (Lipinski definition) is 4. The Morgan fingerprint density at radius 2 is 2.08 bits per heavy atom. The van der Waals surface area contributed by atoms with Crippen LogP contribution < -0.4 is 10.1 Å². The third kappa shape index (κ3) is 4.25. The first kappa shape index (κ1) is 18.7. The Kier molecular flexibility index (Phi) is 6.20. The maximum absolute atomic E-state index is 12.4. The number of hydrogen-bond donors (Lipinski definition) is 1. The maximum atomic E-state index is 12.4. The summed E-state index contributed by atoms with van der Waals surface area (Å²) in [4.78, 5) is 12.4. The zero-order valence-electron chi connectivity index (χ0n) is 14.4. The van der Waals surface area contributed by atoms with Gasteiger partial charge in [0.15, 0.2) is 0 Å². The van der Waals surface area contributed by atoms with Crippen molar-refractivity contribution in [2.45, 2.75) is 19.4 Å². The number of nitrogens with one attached hydrogen (secondary N) is 1. The molecule has 1 saturated heterocycles. The molecule has 24 heavy (non-hydrogen) atoms. The highest BCUT2D eigenvalue weighted by Gasteiger charge is 2.33. The van der Waals surface area contributed by atoms with Gasteiger partial charge in [0, 0.05) is 39.3 Å². The summed E-state index contributed by atoms with van der Waals surface area (Å²) in [6, 6.07) is 7.49. The largest absolute Gasteiger partial charge is 0.496 e. The standard InChI is InChI=1S/C16H25N3O4S/c1-18(2)24(21,22)19-10-6-8-14(12-19)16(20)17-11-13-7-4-5-9-15(13)23-3/h4-5,7,9,14H,6,8,10-12H2,1-3H3,(H,17,20). The number of carbonyl (C=O) groups is 1. The van der Waals surface area contributed by atoms with Crippen LogP contribution in [-0.2, 0) is 21.5 Å². The van der Waals surface area contributed by atoms with Gasteiger partial charge in [-0.25, -0.2) is 0 Å². The highest BCUT2D eigenvalue weighted by molar-refractivity contribution is 7.86. The second-order valence-corrected chi connectivity index (χ2v) is 8.16. The van der Waals surface area contributed by atoms with Gasteiger partial charge in [-0.2, -0.15) is 17.0 Å². The summed E-state index contributed by atoms with van der Waals surface area (Å²) < 4.78 is 32.3. The first-order valence-corrected chi connectivity index (χ1v) is 9.33. The van der Waals surface area contributed by atoms with Crippen LogP contribution in [0.4, 0.5) is 0 Å². The summed E-state index contributed by atoms with van der Waals surface area (Å²) >= 11 is 0. The number of nitrogens with zero attached hydrogens (tertiary/aromatic N) is 2. The molecule has 0 aromatic heterocycles. The van der Waals surface area contributed by atoms with Crippen LogP contribution in [0.15, 0.2) is 24.3 Å². The second kappa shape index (κ2) is 7.96. The third-order valence-electron chi connectivity index (χ3n) is 4.19. The Bertz CT molecular complexity index is 676. The lowest BCUT2D eigenvalue weighted by atomic mass is 9.98. The average molecular weight is 355 g/mol. The Labute approximate surface area is 143 Å². The lowest BCUT2D eigenvalue weighted by Gasteiger charge is -2.32. The zero-order valence-corrected chi connectivity index (χ0v) is 15.2. The van der Waals surface area contributed by atoms with Crippen molar-refractivity contribution in [3.05, 3.63) is 29.8 Å². The molecule has 1 heterocycles. The smallest absolute Gasteiger partial charge is 0.281 e. The number of piperidine rings is 1. The molecule has 0 saturated carbocycles. The fourth-order valence-electron chi connectivity index (χ4n) is 2.77. The van der Waals surface area contributed by atoms with E-state index in [4.69, 9.17) is 4.74 Å². The van der Waals surface area contributed by atoms with Crippen LogP contribution in [0.1, 0.15) is 18.4 Å². The second-order valence-electron chi connectivity index (χ2n) is 6.02. The summed E-state index contributed by atoms with van der Waals surface area (Å²) in [5.41, 5.74) is 0.891. The third-order valence-corrected chi connectivity index (χ3v) is 6.10. The number of carbonyl (C=O) groups excluding carboxylic acids is 1. The quantitative estimate of drug-likeness (QED) is 0.820. The number of benzene rings is 1. The van der Waals surface area contributed by atoms with Gasteiger partial charge in [-0.1, -0.05) is 18.2 Å². The molecule has 134 valence electrons. The summed E-state index contributed by atoms with van der Waals surface area (Å²) in [6.07, 6.45) is 1.37. The minimum atomic E-state index is -3.48. The Morgan fingerprint density at radius 1 is 1.38 bits per heavy atom. The molecule has 1 aliphatic rings. The lowest BCUT2D eigenvalue weighted by molar-refractivity contribution is -0.126. The van der Waals surface area contributed by atoms with Gasteiger partial charge in [-0.15, -0.1) is 0 Å². The van der Waals surface area contributed by atoms with Crippen molar-refractivity contribution in [3.63, 3.8) is 0 Å². The van der Waals surface area contributed by atoms with Crippen LogP contribution in [0.5, 0.6) is 5.75 Å². The van der Waals surface area contributed by atoms with Crippen molar-refractivity contribution >= 4 is 16.1 Å². The van der Waals surface area contributed by atoms with Crippen molar-refractivity contribution in [2.24, 2.45) is 5.92 Å². The summed E-state index contributed by atoms with van der Waals surface area (Å²) in [6.45, 7) is 1.04. The van der Waals surface area contributed by atoms with Crippen molar-refractivity contribution < 1.29 is 17.9 Å². The maximum Gasteiger partial charge on any atom is 0.281 e. The molecule has 0 aliphatic carbocycles. The Hall–Kier alpha value is -1.64. The number of para-hydroxylation sites is 1. The number of amides is 1. The van der Waals surface area contributed by atoms with Crippen molar-refractivity contribution in [1.82, 2.24) is 13.9 Å². The molecule has 1 fully saturated rings. The molecule has 1 aromatic carbocycles. The fraction of sp³-hybridized carbons (Fsp3) is 0.562. The van der Waals surface area contributed by atoms with E-state index < -0.39 is 10.2 Å². The molecule has 0 radical (unpaired) electrons. The van der Waals surface area contributed by atoms with Gasteiger partial charge in [0.2, 0.25) is 5.91 Å². The molecule has 7 nitrogen and oxygen atoms in total. The normalized spacial score (nSPS) is 19.2. The average Bonchev–Trinajstić information content (AvgIpc) is 2.59. The lowest BCUT2D eigenvalue weighted by Crippen LogP contribution is -2.48. The van der Waals surface area contributed by atoms with Crippen LogP contribution in [0.2, 0.25) is 0 Å². The Balaban J connectivity index is 1.97. The molecule has 8 heteroatoms. The SMILES string of the molecule is COc1ccccc1CNC(=O)C1CCCN(S(=O)(=O)N(C)C)C1. The van der Waals surface area contributed by atoms with Crippen LogP contribution >= 0.6 is 0 Å². The van der Waals surface area contributed by atoms with Gasteiger partial charge < -0.3 is 10.1 Å². The van der Waals surface area contributed by atoms with E-state index in [1.807, 2.05) is 24.3 Å². The minimum absolute atomic E-state index is 0.125. The van der Waals surface area contributed by atoms with Crippen LogP contribution in [-0.4, -0.2) is 57.2 Å². The molecule has 1 aliphatic heterocycles. The summed E-state index contributed by atoms with van der Waals surface area (Å²) in [5.74, 6) is 0.265. The van der Waals surface area contributed by atoms with E-state index in [0.717, 1.165) is 11.3 Å². The van der Waals surface area contributed by atoms with Crippen LogP contribution in [0.3, 0.4) is 0 Å². The van der Waals surface area contributed by atoms with E-state index in [1.165, 1.54) is 22.7 Å². The van der Waals surface area contributed by atoms with Gasteiger partial charge in [-0.3, -0.25) is 4.79 Å². The molecule has 1 N–H and O–H groups in total. The molecule has 1 aromatic rings. The first-order chi connectivity index (χ1) is 11.4. The van der Waals surface area contributed by atoms with Gasteiger partial charge in [-0.05, 0) is 18.9 Å². The van der Waals surface area contributed by atoms with Crippen molar-refractivity contribution in [2.75, 3.05) is 34.3 Å². The van der Waals surface area contributed by atoms with E-state index in [9.17, 15) is 13.2 Å². The molecule has 0 spiro atoms. The molecule has 1 unspecified atom stereocenters. The monoisotopic (exact) mass is 355 g/mol. The van der Waals surface area contributed by atoms with Crippen LogP contribution in [0.25, 0.3) is 0 Å². The number of methoxy groups -OCH3 is 1. The van der Waals surface area contributed by atoms with Crippen LogP contribution in [0, 0.1) is 5.92 Å². The van der Waals surface area contributed by atoms with Gasteiger partial charge >= 0.3 is 0 Å². The topological polar surface area (TPSA) is 79.0 Å². The summed E-state index contributed by atoms with van der Waals surface area (Å²) in [5, 5.41) is 2.89. The minimum Gasteiger partial charge on any atom is -0.496 e. The van der Waals surface area contributed by atoms with E-state index in [-0.39, 0.29) is 18.4 Å². The molecule has 2 rings (SSSR count). The predicted molar refractivity (Wildman–Crippen MR) is 91.7 cm³/mol. The molecule has 1 amide bonds. The molecule has 1 atom stereocenters. The number of rotatable bonds is 6. The van der Waals surface area contributed by atoms with E-state index >= 15 is 0 Å². The zero-order chi connectivity index (χ0) is 17.7. The van der Waals surface area contributed by atoms with Crippen molar-refractivity contribution in [1.29, 1.82) is 0 Å². The predicted octanol–water partition coefficient (Wildman–Crippen LogP) is 0.830. The first-order valence-electron chi connectivity index (χ1n) is 7.93. The molecule has 0 bridgehead atoms. The molecular formula is C16H25N3O4S. The fourth-order valence-corrected chi connectivity index (χ4v) is 3.96. The number of ether oxygens (including phenoxy) is 1. The Morgan fingerprint density at radius 3 is 2.75 bits per heavy atom. The van der Waals surface area contributed by atoms with Gasteiger partial charge in [0.25, 0.3) is 10.2 Å². The van der Waals surface area contributed by atoms with Gasteiger partial charge in [0.1, 0.15) is 5.75 Å².